The molecule has 1 heterocycles. The van der Waals surface area contributed by atoms with Crippen LogP contribution in [0.2, 0.25) is 0 Å². The molecule has 0 saturated carbocycles. The molecule has 0 atom stereocenters. The summed E-state index contributed by atoms with van der Waals surface area (Å²) in [4.78, 5) is 37.2. The Bertz CT molecular complexity index is 798. The molecule has 0 aliphatic heterocycles. The fourth-order valence-corrected chi connectivity index (χ4v) is 3.61. The molecular formula is C19H21NO5S. The van der Waals surface area contributed by atoms with Gasteiger partial charge in [-0.3, -0.25) is 4.79 Å². The van der Waals surface area contributed by atoms with Crippen molar-refractivity contribution in [3.05, 3.63) is 51.9 Å². The number of thiophene rings is 1. The van der Waals surface area contributed by atoms with Gasteiger partial charge in [0.2, 0.25) is 0 Å². The summed E-state index contributed by atoms with van der Waals surface area (Å²) in [5.74, 6) is -1.56. The van der Waals surface area contributed by atoms with Gasteiger partial charge in [-0.2, -0.15) is 0 Å². The third-order valence-corrected chi connectivity index (χ3v) is 4.70. The summed E-state index contributed by atoms with van der Waals surface area (Å²) in [6.45, 7) is 5.36. The van der Waals surface area contributed by atoms with Gasteiger partial charge < -0.3 is 14.8 Å². The van der Waals surface area contributed by atoms with Gasteiger partial charge in [0.25, 0.3) is 5.91 Å². The third kappa shape index (κ3) is 4.70. The maximum absolute atomic E-state index is 12.2. The lowest BCUT2D eigenvalue weighted by Crippen LogP contribution is -2.21. The number of hydrogen-bond donors (Lipinski definition) is 1. The Balaban J connectivity index is 2.06. The second-order valence-electron chi connectivity index (χ2n) is 5.41. The summed E-state index contributed by atoms with van der Waals surface area (Å²) < 4.78 is 10.1. The average molecular weight is 375 g/mol. The van der Waals surface area contributed by atoms with Crippen LogP contribution in [0.4, 0.5) is 5.00 Å². The minimum Gasteiger partial charge on any atom is -0.462 e. The van der Waals surface area contributed by atoms with Crippen molar-refractivity contribution in [3.63, 3.8) is 0 Å². The Kier molecular flexibility index (Phi) is 6.91. The van der Waals surface area contributed by atoms with Crippen molar-refractivity contribution < 1.29 is 23.9 Å². The van der Waals surface area contributed by atoms with Gasteiger partial charge in [-0.15, -0.1) is 11.3 Å². The molecule has 6 nitrogen and oxygen atoms in total. The minimum atomic E-state index is -0.581. The first-order valence-corrected chi connectivity index (χ1v) is 9.10. The zero-order valence-corrected chi connectivity index (χ0v) is 15.8. The van der Waals surface area contributed by atoms with E-state index in [0.29, 0.717) is 22.5 Å². The Hall–Kier alpha value is -2.67. The quantitative estimate of drug-likeness (QED) is 0.748. The topological polar surface area (TPSA) is 81.7 Å². The van der Waals surface area contributed by atoms with Crippen LogP contribution < -0.4 is 5.32 Å². The lowest BCUT2D eigenvalue weighted by molar-refractivity contribution is -0.119. The highest BCUT2D eigenvalue weighted by molar-refractivity contribution is 7.16. The van der Waals surface area contributed by atoms with E-state index in [4.69, 9.17) is 9.47 Å². The Labute approximate surface area is 156 Å². The average Bonchev–Trinajstić information content (AvgIpc) is 2.95. The highest BCUT2D eigenvalue weighted by Gasteiger charge is 2.23. The molecule has 2 rings (SSSR count). The predicted octanol–water partition coefficient (Wildman–Crippen LogP) is 3.59. The molecule has 1 amide bonds. The molecular weight excluding hydrogens is 354 g/mol. The van der Waals surface area contributed by atoms with Crippen LogP contribution >= 0.6 is 11.3 Å². The van der Waals surface area contributed by atoms with Crippen molar-refractivity contribution in [1.29, 1.82) is 0 Å². The summed E-state index contributed by atoms with van der Waals surface area (Å²) >= 11 is 1.31. The maximum atomic E-state index is 12.2. The van der Waals surface area contributed by atoms with Crippen LogP contribution in [0, 0.1) is 6.92 Å². The summed E-state index contributed by atoms with van der Waals surface area (Å²) in [6, 6.07) is 8.42. The van der Waals surface area contributed by atoms with E-state index in [1.807, 2.05) is 13.8 Å². The second kappa shape index (κ2) is 9.15. The first-order chi connectivity index (χ1) is 12.5. The molecule has 0 fully saturated rings. The van der Waals surface area contributed by atoms with Gasteiger partial charge in [-0.25, -0.2) is 9.59 Å². The fourth-order valence-electron chi connectivity index (χ4n) is 2.46. The molecule has 0 spiro atoms. The van der Waals surface area contributed by atoms with Crippen LogP contribution in [0.5, 0.6) is 0 Å². The standard InChI is InChI=1S/C19H21NO5S/c1-4-14-12(3)26-17(16(14)19(23)24-5-2)20-15(21)11-25-18(22)13-9-7-6-8-10-13/h6-10H,4-5,11H2,1-3H3,(H,20,21). The number of amides is 1. The van der Waals surface area contributed by atoms with Gasteiger partial charge in [-0.05, 0) is 38.0 Å². The molecule has 138 valence electrons. The molecule has 0 aliphatic carbocycles. The third-order valence-electron chi connectivity index (χ3n) is 3.64. The molecule has 7 heteroatoms. The monoisotopic (exact) mass is 375 g/mol. The number of benzene rings is 1. The molecule has 0 unspecified atom stereocenters. The fraction of sp³-hybridized carbons (Fsp3) is 0.316. The van der Waals surface area contributed by atoms with Gasteiger partial charge in [0.15, 0.2) is 6.61 Å². The highest BCUT2D eigenvalue weighted by Crippen LogP contribution is 2.34. The Morgan fingerprint density at radius 3 is 2.35 bits per heavy atom. The van der Waals surface area contributed by atoms with E-state index >= 15 is 0 Å². The number of ether oxygens (including phenoxy) is 2. The number of anilines is 1. The molecule has 1 aromatic heterocycles. The highest BCUT2D eigenvalue weighted by atomic mass is 32.1. The van der Waals surface area contributed by atoms with E-state index in [0.717, 1.165) is 10.4 Å². The van der Waals surface area contributed by atoms with Gasteiger partial charge in [-0.1, -0.05) is 25.1 Å². The van der Waals surface area contributed by atoms with Crippen LogP contribution in [0.1, 0.15) is 45.0 Å². The van der Waals surface area contributed by atoms with Crippen molar-refractivity contribution in [2.24, 2.45) is 0 Å². The molecule has 1 aromatic carbocycles. The smallest absolute Gasteiger partial charge is 0.341 e. The van der Waals surface area contributed by atoms with E-state index in [2.05, 4.69) is 5.32 Å². The van der Waals surface area contributed by atoms with E-state index in [9.17, 15) is 14.4 Å². The van der Waals surface area contributed by atoms with Crippen LogP contribution in [0.3, 0.4) is 0 Å². The number of hydrogen-bond acceptors (Lipinski definition) is 6. The van der Waals surface area contributed by atoms with Gasteiger partial charge in [0, 0.05) is 4.88 Å². The summed E-state index contributed by atoms with van der Waals surface area (Å²) in [7, 11) is 0. The van der Waals surface area contributed by atoms with E-state index in [1.54, 1.807) is 37.3 Å². The van der Waals surface area contributed by atoms with E-state index < -0.39 is 24.5 Å². The van der Waals surface area contributed by atoms with Gasteiger partial charge >= 0.3 is 11.9 Å². The van der Waals surface area contributed by atoms with Crippen LogP contribution in [0.25, 0.3) is 0 Å². The molecule has 0 radical (unpaired) electrons. The number of carbonyl (C=O) groups excluding carboxylic acids is 3. The zero-order valence-electron chi connectivity index (χ0n) is 15.0. The van der Waals surface area contributed by atoms with E-state index in [1.165, 1.54) is 11.3 Å². The van der Waals surface area contributed by atoms with Crippen molar-refractivity contribution in [3.8, 4) is 0 Å². The van der Waals surface area contributed by atoms with Gasteiger partial charge in [0.1, 0.15) is 5.00 Å². The zero-order chi connectivity index (χ0) is 19.1. The lowest BCUT2D eigenvalue weighted by atomic mass is 10.1. The number of esters is 2. The lowest BCUT2D eigenvalue weighted by Gasteiger charge is -2.08. The van der Waals surface area contributed by atoms with Crippen molar-refractivity contribution in [2.45, 2.75) is 27.2 Å². The number of aryl methyl sites for hydroxylation is 1. The second-order valence-corrected chi connectivity index (χ2v) is 6.63. The first-order valence-electron chi connectivity index (χ1n) is 8.29. The molecule has 0 bridgehead atoms. The maximum Gasteiger partial charge on any atom is 0.341 e. The molecule has 0 saturated heterocycles. The largest absolute Gasteiger partial charge is 0.462 e. The van der Waals surface area contributed by atoms with Gasteiger partial charge in [0.05, 0.1) is 17.7 Å². The number of rotatable bonds is 7. The molecule has 1 N–H and O–H groups in total. The van der Waals surface area contributed by atoms with Crippen molar-refractivity contribution in [2.75, 3.05) is 18.5 Å². The molecule has 0 aliphatic rings. The number of nitrogens with one attached hydrogen (secondary N) is 1. The minimum absolute atomic E-state index is 0.249. The molecule has 26 heavy (non-hydrogen) atoms. The van der Waals surface area contributed by atoms with Crippen LogP contribution in [-0.2, 0) is 20.7 Å². The van der Waals surface area contributed by atoms with Crippen molar-refractivity contribution >= 4 is 34.2 Å². The summed E-state index contributed by atoms with van der Waals surface area (Å²) in [5, 5.41) is 3.07. The summed E-state index contributed by atoms with van der Waals surface area (Å²) in [5.41, 5.74) is 1.59. The Morgan fingerprint density at radius 2 is 1.73 bits per heavy atom. The molecule has 2 aromatic rings. The summed E-state index contributed by atoms with van der Waals surface area (Å²) in [6.07, 6.45) is 0.648. The number of carbonyl (C=O) groups is 3. The predicted molar refractivity (Wildman–Crippen MR) is 99.7 cm³/mol. The van der Waals surface area contributed by atoms with E-state index in [-0.39, 0.29) is 6.61 Å². The SMILES string of the molecule is CCOC(=O)c1c(NC(=O)COC(=O)c2ccccc2)sc(C)c1CC. The Morgan fingerprint density at radius 1 is 1.04 bits per heavy atom. The van der Waals surface area contributed by atoms with Crippen LogP contribution in [0.15, 0.2) is 30.3 Å². The van der Waals surface area contributed by atoms with Crippen LogP contribution in [-0.4, -0.2) is 31.1 Å². The van der Waals surface area contributed by atoms with Crippen molar-refractivity contribution in [1.82, 2.24) is 0 Å². The first kappa shape index (κ1) is 19.7. The normalized spacial score (nSPS) is 10.3.